The fraction of sp³-hybridized carbons (Fsp3) is 0.412. The average Bonchev–Trinajstić information content (AvgIpc) is 3.89. The quantitative estimate of drug-likeness (QED) is 0.139. The minimum Gasteiger partial charge on any atom is -0.506 e. The number of nitrogens with zero attached hydrogens (tertiary/aromatic N) is 4. The Morgan fingerprint density at radius 2 is 1.05 bits per heavy atom. The molecule has 0 aliphatic carbocycles. The first-order valence-electron chi connectivity index (χ1n) is 16.9. The number of carbonyl (C=O) groups excluding carboxylic acids is 2. The fourth-order valence-electron chi connectivity index (χ4n) is 6.43. The molecule has 2 aliphatic rings. The van der Waals surface area contributed by atoms with E-state index in [1.807, 2.05) is 10.6 Å². The van der Waals surface area contributed by atoms with Gasteiger partial charge in [0.15, 0.2) is 0 Å². The van der Waals surface area contributed by atoms with Crippen molar-refractivity contribution >= 4 is 45.8 Å². The van der Waals surface area contributed by atoms with Gasteiger partial charge in [-0.2, -0.15) is 26.3 Å². The molecule has 6 N–H and O–H groups in total. The van der Waals surface area contributed by atoms with Gasteiger partial charge in [-0.1, -0.05) is 0 Å². The van der Waals surface area contributed by atoms with Gasteiger partial charge in [-0.15, -0.1) is 0 Å². The number of carboxylic acid groups (broad SMARTS) is 2. The Hall–Kier alpha value is -6.30. The lowest BCUT2D eigenvalue weighted by Gasteiger charge is -2.19. The summed E-state index contributed by atoms with van der Waals surface area (Å²) < 4.78 is 93.1. The van der Waals surface area contributed by atoms with Crippen LogP contribution in [0.1, 0.15) is 67.9 Å². The number of pyridine rings is 4. The molecule has 0 unspecified atom stereocenters. The number of hydrogen-bond acceptors (Lipinski definition) is 12. The highest BCUT2D eigenvalue weighted by Crippen LogP contribution is 2.41. The predicted molar refractivity (Wildman–Crippen MR) is 184 cm³/mol. The summed E-state index contributed by atoms with van der Waals surface area (Å²) in [6.07, 6.45) is -8.99. The van der Waals surface area contributed by atoms with Crippen LogP contribution in [0.25, 0.3) is 22.1 Å². The fourth-order valence-corrected chi connectivity index (χ4v) is 6.43. The van der Waals surface area contributed by atoms with Gasteiger partial charge in [-0.25, -0.2) is 9.97 Å². The van der Waals surface area contributed by atoms with Crippen molar-refractivity contribution in [1.82, 2.24) is 29.7 Å². The highest BCUT2D eigenvalue weighted by Gasteiger charge is 2.41. The Balaban J connectivity index is 0.000000221. The number of aliphatic carboxylic acids is 2. The molecule has 0 bridgehead atoms. The summed E-state index contributed by atoms with van der Waals surface area (Å²) in [5.74, 6) is -8.07. The second-order valence-corrected chi connectivity index (χ2v) is 13.0. The van der Waals surface area contributed by atoms with Gasteiger partial charge in [0.05, 0.1) is 24.0 Å². The lowest BCUT2D eigenvalue weighted by Crippen LogP contribution is -2.35. The molecular weight excluding hydrogens is 798 g/mol. The molecule has 2 aliphatic heterocycles. The molecule has 24 heteroatoms. The van der Waals surface area contributed by atoms with Crippen molar-refractivity contribution in [3.8, 4) is 11.5 Å². The maximum Gasteiger partial charge on any atom is 0.433 e. The van der Waals surface area contributed by atoms with E-state index < -0.39 is 117 Å². The van der Waals surface area contributed by atoms with Crippen molar-refractivity contribution in [2.24, 2.45) is 14.1 Å². The lowest BCUT2D eigenvalue weighted by molar-refractivity contribution is -0.142. The molecule has 2 amide bonds. The number of nitrogens with one attached hydrogen (secondary N) is 2. The van der Waals surface area contributed by atoms with Gasteiger partial charge in [0.2, 0.25) is 0 Å². The monoisotopic (exact) mass is 830 g/mol. The Morgan fingerprint density at radius 1 is 0.707 bits per heavy atom. The molecule has 58 heavy (non-hydrogen) atoms. The summed E-state index contributed by atoms with van der Waals surface area (Å²) in [6.45, 7) is -1.02. The highest BCUT2D eigenvalue weighted by atomic mass is 19.4. The SMILES string of the molecule is Cn1c(=O)c(C(=O)NCC(=O)O)c(O)c2cc([C@@H]3CCOC3)c(C(F)(F)F)nc21.Cn1c(=O)c(C(=O)NCC(=O)O)c(O)c2cc([C@H]3CCOC3)c(C(F)(F)F)nc21. The van der Waals surface area contributed by atoms with Crippen LogP contribution in [0.15, 0.2) is 21.7 Å². The molecule has 2 saturated heterocycles. The Bertz CT molecular complexity index is 2280. The molecule has 6 rings (SSSR count). The zero-order valence-corrected chi connectivity index (χ0v) is 30.1. The molecule has 6 heterocycles. The number of alkyl halides is 6. The van der Waals surface area contributed by atoms with Crippen LogP contribution in [0.4, 0.5) is 26.3 Å². The van der Waals surface area contributed by atoms with Crippen molar-refractivity contribution < 1.29 is 75.4 Å². The molecule has 4 aromatic heterocycles. The van der Waals surface area contributed by atoms with Crippen molar-refractivity contribution in [1.29, 1.82) is 0 Å². The number of carbonyl (C=O) groups is 4. The number of aromatic hydroxyl groups is 2. The van der Waals surface area contributed by atoms with E-state index in [0.717, 1.165) is 26.2 Å². The first-order valence-corrected chi connectivity index (χ1v) is 16.9. The second kappa shape index (κ2) is 16.3. The maximum atomic E-state index is 13.6. The van der Waals surface area contributed by atoms with Crippen LogP contribution >= 0.6 is 0 Å². The van der Waals surface area contributed by atoms with Gasteiger partial charge in [-0.05, 0) is 36.1 Å². The third-order valence-corrected chi connectivity index (χ3v) is 9.25. The summed E-state index contributed by atoms with van der Waals surface area (Å²) in [4.78, 5) is 77.7. The normalized spacial score (nSPS) is 16.9. The third-order valence-electron chi connectivity index (χ3n) is 9.25. The largest absolute Gasteiger partial charge is 0.506 e. The summed E-state index contributed by atoms with van der Waals surface area (Å²) in [5.41, 5.74) is -7.54. The van der Waals surface area contributed by atoms with Crippen LogP contribution in [0, 0.1) is 0 Å². The van der Waals surface area contributed by atoms with E-state index in [9.17, 15) is 65.3 Å². The van der Waals surface area contributed by atoms with E-state index in [2.05, 4.69) is 9.97 Å². The van der Waals surface area contributed by atoms with Crippen molar-refractivity contribution in [3.63, 3.8) is 0 Å². The molecule has 2 fully saturated rings. The lowest BCUT2D eigenvalue weighted by atomic mass is 9.95. The number of hydrogen-bond donors (Lipinski definition) is 6. The van der Waals surface area contributed by atoms with E-state index in [4.69, 9.17) is 19.7 Å². The zero-order valence-electron chi connectivity index (χ0n) is 30.1. The Kier molecular flexibility index (Phi) is 12.0. The number of rotatable bonds is 8. The van der Waals surface area contributed by atoms with E-state index in [1.54, 1.807) is 0 Å². The molecular formula is C34H32F6N6O12. The molecule has 0 saturated carbocycles. The van der Waals surface area contributed by atoms with Gasteiger partial charge < -0.3 is 40.5 Å². The summed E-state index contributed by atoms with van der Waals surface area (Å²) in [6, 6.07) is 2.10. The number of carboxylic acids is 2. The average molecular weight is 831 g/mol. The molecule has 18 nitrogen and oxygen atoms in total. The van der Waals surface area contributed by atoms with Crippen molar-refractivity contribution in [2.75, 3.05) is 39.5 Å². The highest BCUT2D eigenvalue weighted by molar-refractivity contribution is 6.03. The molecule has 312 valence electrons. The first kappa shape index (κ1) is 42.8. The van der Waals surface area contributed by atoms with Crippen LogP contribution < -0.4 is 21.8 Å². The number of aryl methyl sites for hydroxylation is 2. The van der Waals surface area contributed by atoms with Gasteiger partial charge in [0.1, 0.15) is 58.4 Å². The van der Waals surface area contributed by atoms with Gasteiger partial charge in [0, 0.05) is 39.1 Å². The molecule has 4 aromatic rings. The van der Waals surface area contributed by atoms with Crippen LogP contribution in [-0.4, -0.2) is 103 Å². The first-order chi connectivity index (χ1) is 27.0. The second-order valence-electron chi connectivity index (χ2n) is 13.0. The smallest absolute Gasteiger partial charge is 0.433 e. The molecule has 0 spiro atoms. The molecule has 0 aromatic carbocycles. The van der Waals surface area contributed by atoms with Gasteiger partial charge >= 0.3 is 24.3 Å². The Labute approximate surface area is 319 Å². The van der Waals surface area contributed by atoms with Crippen molar-refractivity contribution in [2.45, 2.75) is 37.0 Å². The van der Waals surface area contributed by atoms with E-state index in [0.29, 0.717) is 22.0 Å². The van der Waals surface area contributed by atoms with Crippen LogP contribution in [-0.2, 0) is 45.5 Å². The topological polar surface area (TPSA) is 261 Å². The summed E-state index contributed by atoms with van der Waals surface area (Å²) in [5, 5.41) is 41.7. The summed E-state index contributed by atoms with van der Waals surface area (Å²) in [7, 11) is 2.20. The zero-order chi connectivity index (χ0) is 43.0. The predicted octanol–water partition coefficient (Wildman–Crippen LogP) is 1.95. The minimum absolute atomic E-state index is 0.0365. The summed E-state index contributed by atoms with van der Waals surface area (Å²) >= 11 is 0. The standard InChI is InChI=1S/2C17H16F3N3O6/c2*1-23-14-9(12(26)11(16(23)28)15(27)21-5-10(24)25)4-8(7-2-3-29-6-7)13(22-14)17(18,19)20/h2*4,7,26H,2-3,5-6H2,1H3,(H,21,27)(H,24,25)/t2*7-/m10/s1. The van der Waals surface area contributed by atoms with Crippen LogP contribution in [0.5, 0.6) is 11.5 Å². The third kappa shape index (κ3) is 8.51. The number of fused-ring (bicyclic) bond motifs is 2. The minimum atomic E-state index is -4.81. The van der Waals surface area contributed by atoms with E-state index in [1.165, 1.54) is 0 Å². The van der Waals surface area contributed by atoms with Gasteiger partial charge in [-0.3, -0.25) is 37.9 Å². The number of aromatic nitrogens is 4. The molecule has 2 atom stereocenters. The van der Waals surface area contributed by atoms with Crippen LogP contribution in [0.3, 0.4) is 0 Å². The maximum absolute atomic E-state index is 13.6. The van der Waals surface area contributed by atoms with Crippen molar-refractivity contribution in [3.05, 3.63) is 66.5 Å². The Morgan fingerprint density at radius 3 is 1.33 bits per heavy atom. The number of ether oxygens (including phenoxy) is 2. The number of amides is 2. The molecule has 0 radical (unpaired) electrons. The van der Waals surface area contributed by atoms with Gasteiger partial charge in [0.25, 0.3) is 22.9 Å². The van der Waals surface area contributed by atoms with E-state index >= 15 is 0 Å². The number of halogens is 6. The van der Waals surface area contributed by atoms with E-state index in [-0.39, 0.29) is 48.3 Å². The van der Waals surface area contributed by atoms with Crippen LogP contribution in [0.2, 0.25) is 0 Å².